The predicted octanol–water partition coefficient (Wildman–Crippen LogP) is 3.47. The zero-order chi connectivity index (χ0) is 15.9. The zero-order valence-corrected chi connectivity index (χ0v) is 12.4. The van der Waals surface area contributed by atoms with E-state index in [0.29, 0.717) is 6.54 Å². The average Bonchev–Trinajstić information content (AvgIpc) is 2.62. The highest BCUT2D eigenvalue weighted by atomic mass is 16.2. The number of hydrogen-bond acceptors (Lipinski definition) is 3. The third kappa shape index (κ3) is 4.14. The Bertz CT molecular complexity index is 758. The van der Waals surface area contributed by atoms with Crippen LogP contribution in [0.15, 0.2) is 73.2 Å². The number of rotatable bonds is 4. The molecule has 5 heteroatoms. The first-order valence-corrected chi connectivity index (χ1v) is 7.26. The maximum atomic E-state index is 11.8. The SMILES string of the molecule is O=C(NCc1ccc(-c2cccnc2)nc1)Nc1ccccc1. The molecule has 0 aliphatic carbocycles. The summed E-state index contributed by atoms with van der Waals surface area (Å²) in [5, 5.41) is 5.57. The van der Waals surface area contributed by atoms with Crippen LogP contribution in [0.2, 0.25) is 0 Å². The molecule has 2 amide bonds. The Morgan fingerprint density at radius 3 is 2.52 bits per heavy atom. The normalized spacial score (nSPS) is 10.1. The maximum Gasteiger partial charge on any atom is 0.319 e. The van der Waals surface area contributed by atoms with E-state index < -0.39 is 0 Å². The molecule has 2 heterocycles. The molecule has 0 saturated carbocycles. The van der Waals surface area contributed by atoms with Gasteiger partial charge >= 0.3 is 6.03 Å². The molecule has 0 spiro atoms. The predicted molar refractivity (Wildman–Crippen MR) is 89.8 cm³/mol. The van der Waals surface area contributed by atoms with Crippen molar-refractivity contribution in [2.45, 2.75) is 6.54 Å². The summed E-state index contributed by atoms with van der Waals surface area (Å²) in [4.78, 5) is 20.3. The summed E-state index contributed by atoms with van der Waals surface area (Å²) in [6.07, 6.45) is 5.26. The fourth-order valence-corrected chi connectivity index (χ4v) is 2.09. The third-order valence-corrected chi connectivity index (χ3v) is 3.27. The van der Waals surface area contributed by atoms with Crippen LogP contribution < -0.4 is 10.6 Å². The molecule has 0 aliphatic rings. The molecule has 0 aliphatic heterocycles. The molecule has 1 aromatic carbocycles. The monoisotopic (exact) mass is 304 g/mol. The van der Waals surface area contributed by atoms with E-state index in [1.165, 1.54) is 0 Å². The van der Waals surface area contributed by atoms with Gasteiger partial charge in [0, 0.05) is 36.4 Å². The molecule has 3 aromatic rings. The number of benzene rings is 1. The summed E-state index contributed by atoms with van der Waals surface area (Å²) >= 11 is 0. The highest BCUT2D eigenvalue weighted by Crippen LogP contribution is 2.15. The van der Waals surface area contributed by atoms with Crippen LogP contribution >= 0.6 is 0 Å². The van der Waals surface area contributed by atoms with Crippen LogP contribution in [-0.2, 0) is 6.54 Å². The Balaban J connectivity index is 1.55. The summed E-state index contributed by atoms with van der Waals surface area (Å²) in [6, 6.07) is 16.8. The molecular weight excluding hydrogens is 288 g/mol. The number of nitrogens with one attached hydrogen (secondary N) is 2. The summed E-state index contributed by atoms with van der Waals surface area (Å²) in [7, 11) is 0. The minimum atomic E-state index is -0.243. The molecule has 2 aromatic heterocycles. The molecule has 3 rings (SSSR count). The van der Waals surface area contributed by atoms with Gasteiger partial charge in [0.15, 0.2) is 0 Å². The zero-order valence-electron chi connectivity index (χ0n) is 12.4. The number of hydrogen-bond donors (Lipinski definition) is 2. The van der Waals surface area contributed by atoms with Gasteiger partial charge in [0.05, 0.1) is 5.69 Å². The Morgan fingerprint density at radius 2 is 1.83 bits per heavy atom. The summed E-state index contributed by atoms with van der Waals surface area (Å²) in [5.74, 6) is 0. The second kappa shape index (κ2) is 7.17. The van der Waals surface area contributed by atoms with E-state index in [2.05, 4.69) is 20.6 Å². The van der Waals surface area contributed by atoms with Gasteiger partial charge in [0.2, 0.25) is 0 Å². The van der Waals surface area contributed by atoms with E-state index in [0.717, 1.165) is 22.5 Å². The fraction of sp³-hybridized carbons (Fsp3) is 0.0556. The standard InChI is InChI=1S/C18H16N4O/c23-18(22-16-6-2-1-3-7-16)21-12-14-8-9-17(20-11-14)15-5-4-10-19-13-15/h1-11,13H,12H2,(H2,21,22,23). The number of amides is 2. The van der Waals surface area contributed by atoms with Gasteiger partial charge in [-0.1, -0.05) is 24.3 Å². The quantitative estimate of drug-likeness (QED) is 0.775. The first kappa shape index (κ1) is 14.7. The van der Waals surface area contributed by atoms with E-state index in [1.54, 1.807) is 18.6 Å². The van der Waals surface area contributed by atoms with E-state index in [4.69, 9.17) is 0 Å². The van der Waals surface area contributed by atoms with Crippen molar-refractivity contribution in [1.82, 2.24) is 15.3 Å². The van der Waals surface area contributed by atoms with Gasteiger partial charge in [-0.25, -0.2) is 4.79 Å². The number of para-hydroxylation sites is 1. The number of pyridine rings is 2. The van der Waals surface area contributed by atoms with Crippen LogP contribution in [0.4, 0.5) is 10.5 Å². The fourth-order valence-electron chi connectivity index (χ4n) is 2.09. The van der Waals surface area contributed by atoms with E-state index in [9.17, 15) is 4.79 Å². The largest absolute Gasteiger partial charge is 0.334 e. The molecule has 23 heavy (non-hydrogen) atoms. The Hall–Kier alpha value is -3.21. The summed E-state index contributed by atoms with van der Waals surface area (Å²) < 4.78 is 0. The minimum Gasteiger partial charge on any atom is -0.334 e. The molecular formula is C18H16N4O. The summed E-state index contributed by atoms with van der Waals surface area (Å²) in [6.45, 7) is 0.416. The second-order valence-electron chi connectivity index (χ2n) is 4.97. The Morgan fingerprint density at radius 1 is 0.957 bits per heavy atom. The van der Waals surface area contributed by atoms with Crippen molar-refractivity contribution >= 4 is 11.7 Å². The Labute approximate surface area is 134 Å². The van der Waals surface area contributed by atoms with Crippen molar-refractivity contribution in [2.75, 3.05) is 5.32 Å². The van der Waals surface area contributed by atoms with Crippen molar-refractivity contribution in [2.24, 2.45) is 0 Å². The molecule has 0 atom stereocenters. The first-order chi connectivity index (χ1) is 11.3. The molecule has 0 bridgehead atoms. The highest BCUT2D eigenvalue weighted by Gasteiger charge is 2.03. The number of carbonyl (C=O) groups excluding carboxylic acids is 1. The molecule has 0 unspecified atom stereocenters. The van der Waals surface area contributed by atoms with Gasteiger partial charge in [0.25, 0.3) is 0 Å². The second-order valence-corrected chi connectivity index (χ2v) is 4.97. The lowest BCUT2D eigenvalue weighted by Gasteiger charge is -2.08. The molecule has 0 fully saturated rings. The number of urea groups is 1. The van der Waals surface area contributed by atoms with Gasteiger partial charge in [0.1, 0.15) is 0 Å². The molecule has 0 radical (unpaired) electrons. The van der Waals surface area contributed by atoms with Crippen LogP contribution in [0.25, 0.3) is 11.3 Å². The van der Waals surface area contributed by atoms with Crippen LogP contribution in [0, 0.1) is 0 Å². The topological polar surface area (TPSA) is 66.9 Å². The van der Waals surface area contributed by atoms with Crippen molar-refractivity contribution in [1.29, 1.82) is 0 Å². The van der Waals surface area contributed by atoms with Gasteiger partial charge in [-0.15, -0.1) is 0 Å². The van der Waals surface area contributed by atoms with E-state index in [-0.39, 0.29) is 6.03 Å². The molecule has 5 nitrogen and oxygen atoms in total. The lowest BCUT2D eigenvalue weighted by Crippen LogP contribution is -2.28. The van der Waals surface area contributed by atoms with Gasteiger partial charge in [-0.2, -0.15) is 0 Å². The Kier molecular flexibility index (Phi) is 4.59. The van der Waals surface area contributed by atoms with Crippen LogP contribution in [-0.4, -0.2) is 16.0 Å². The first-order valence-electron chi connectivity index (χ1n) is 7.26. The minimum absolute atomic E-state index is 0.243. The maximum absolute atomic E-state index is 11.8. The number of carbonyl (C=O) groups is 1. The van der Waals surface area contributed by atoms with E-state index >= 15 is 0 Å². The van der Waals surface area contributed by atoms with Crippen LogP contribution in [0.5, 0.6) is 0 Å². The van der Waals surface area contributed by atoms with Crippen molar-refractivity contribution < 1.29 is 4.79 Å². The smallest absolute Gasteiger partial charge is 0.319 e. The highest BCUT2D eigenvalue weighted by molar-refractivity contribution is 5.89. The van der Waals surface area contributed by atoms with Crippen LogP contribution in [0.1, 0.15) is 5.56 Å². The molecule has 114 valence electrons. The van der Waals surface area contributed by atoms with Gasteiger partial charge in [-0.05, 0) is 35.9 Å². The van der Waals surface area contributed by atoms with Crippen molar-refractivity contribution in [3.05, 3.63) is 78.8 Å². The van der Waals surface area contributed by atoms with Gasteiger partial charge < -0.3 is 10.6 Å². The van der Waals surface area contributed by atoms with E-state index in [1.807, 2.05) is 54.6 Å². The summed E-state index contributed by atoms with van der Waals surface area (Å²) in [5.41, 5.74) is 3.51. The number of nitrogens with zero attached hydrogens (tertiary/aromatic N) is 2. The number of anilines is 1. The lowest BCUT2D eigenvalue weighted by molar-refractivity contribution is 0.251. The van der Waals surface area contributed by atoms with Gasteiger partial charge in [-0.3, -0.25) is 9.97 Å². The average molecular weight is 304 g/mol. The lowest BCUT2D eigenvalue weighted by atomic mass is 10.1. The molecule has 2 N–H and O–H groups in total. The van der Waals surface area contributed by atoms with Crippen molar-refractivity contribution in [3.63, 3.8) is 0 Å². The van der Waals surface area contributed by atoms with Crippen molar-refractivity contribution in [3.8, 4) is 11.3 Å². The third-order valence-electron chi connectivity index (χ3n) is 3.27. The van der Waals surface area contributed by atoms with Crippen LogP contribution in [0.3, 0.4) is 0 Å². The molecule has 0 saturated heterocycles. The number of aromatic nitrogens is 2.